The van der Waals surface area contributed by atoms with Gasteiger partial charge in [-0.15, -0.1) is 0 Å². The van der Waals surface area contributed by atoms with Gasteiger partial charge < -0.3 is 89.9 Å². The van der Waals surface area contributed by atoms with Gasteiger partial charge in [-0.05, 0) is 57.8 Å². The van der Waals surface area contributed by atoms with Crippen LogP contribution in [0.4, 0.5) is 0 Å². The highest BCUT2D eigenvalue weighted by molar-refractivity contribution is 5.76. The third kappa shape index (κ3) is 27.3. The average molecular weight is 1140 g/mol. The molecule has 17 atom stereocenters. The van der Waals surface area contributed by atoms with Crippen molar-refractivity contribution in [3.8, 4) is 0 Å². The van der Waals surface area contributed by atoms with E-state index in [0.29, 0.717) is 12.8 Å². The molecule has 3 saturated heterocycles. The van der Waals surface area contributed by atoms with Crippen LogP contribution in [0.2, 0.25) is 0 Å². The SMILES string of the molecule is CC/C=C\C/C=C\C/C=C\C/C=C\C/C=C\CCCCCCCCCCCCCCCCCC(=O)NC(COC1OC(CO)C(OC2OC(CO)C(OC3OC(CO)C(O)C(O)C3O)C(O)C2O)C(O)C1O)C(O)/C=C/CCCC. The fourth-order valence-corrected chi connectivity index (χ4v) is 9.79. The highest BCUT2D eigenvalue weighted by atomic mass is 16.8. The Bertz CT molecular complexity index is 1740. The van der Waals surface area contributed by atoms with Crippen LogP contribution in [0.15, 0.2) is 72.9 Å². The van der Waals surface area contributed by atoms with E-state index < -0.39 is 124 Å². The first kappa shape index (κ1) is 71.5. The number of unbranched alkanes of at least 4 members (excludes halogenated alkanes) is 17. The number of aliphatic hydroxyl groups is 11. The first-order valence-electron chi connectivity index (χ1n) is 30.2. The molecule has 3 heterocycles. The summed E-state index contributed by atoms with van der Waals surface area (Å²) in [5.41, 5.74) is 0. The number of allylic oxidation sites excluding steroid dienone is 11. The summed E-state index contributed by atoms with van der Waals surface area (Å²) in [5.74, 6) is -0.289. The first-order chi connectivity index (χ1) is 38.8. The molecule has 0 spiro atoms. The summed E-state index contributed by atoms with van der Waals surface area (Å²) in [4.78, 5) is 13.2. The van der Waals surface area contributed by atoms with E-state index in [1.807, 2.05) is 13.0 Å². The van der Waals surface area contributed by atoms with Gasteiger partial charge in [0.2, 0.25) is 5.91 Å². The maximum Gasteiger partial charge on any atom is 0.220 e. The molecule has 3 fully saturated rings. The zero-order valence-corrected chi connectivity index (χ0v) is 48.0. The van der Waals surface area contributed by atoms with E-state index in [0.717, 1.165) is 64.2 Å². The molecular weight excluding hydrogens is 1030 g/mol. The molecule has 0 saturated carbocycles. The highest BCUT2D eigenvalue weighted by Gasteiger charge is 2.53. The van der Waals surface area contributed by atoms with Crippen molar-refractivity contribution < 1.29 is 89.4 Å². The van der Waals surface area contributed by atoms with Crippen LogP contribution < -0.4 is 5.32 Å². The molecule has 12 N–H and O–H groups in total. The maximum atomic E-state index is 13.2. The molecule has 0 aliphatic carbocycles. The van der Waals surface area contributed by atoms with E-state index >= 15 is 0 Å². The van der Waals surface area contributed by atoms with Gasteiger partial charge in [-0.2, -0.15) is 0 Å². The second-order valence-electron chi connectivity index (χ2n) is 21.4. The fraction of sp³-hybridized carbons (Fsp3) is 0.787. The largest absolute Gasteiger partial charge is 0.394 e. The lowest BCUT2D eigenvalue weighted by Crippen LogP contribution is -2.66. The van der Waals surface area contributed by atoms with Gasteiger partial charge in [-0.1, -0.05) is 183 Å². The molecule has 3 aliphatic rings. The van der Waals surface area contributed by atoms with Gasteiger partial charge in [0.05, 0.1) is 38.6 Å². The fourth-order valence-electron chi connectivity index (χ4n) is 9.79. The number of ether oxygens (including phenoxy) is 6. The number of hydrogen-bond acceptors (Lipinski definition) is 18. The summed E-state index contributed by atoms with van der Waals surface area (Å²) < 4.78 is 34.0. The van der Waals surface area contributed by atoms with E-state index in [9.17, 15) is 61.0 Å². The molecular formula is C61H105NO18. The molecule has 19 nitrogen and oxygen atoms in total. The van der Waals surface area contributed by atoms with E-state index in [4.69, 9.17) is 28.4 Å². The molecule has 0 radical (unpaired) electrons. The van der Waals surface area contributed by atoms with Crippen molar-refractivity contribution in [1.29, 1.82) is 0 Å². The summed E-state index contributed by atoms with van der Waals surface area (Å²) in [6.45, 7) is 1.41. The van der Waals surface area contributed by atoms with Gasteiger partial charge >= 0.3 is 0 Å². The Balaban J connectivity index is 1.30. The van der Waals surface area contributed by atoms with Crippen molar-refractivity contribution in [1.82, 2.24) is 5.32 Å². The topological polar surface area (TPSA) is 307 Å². The maximum absolute atomic E-state index is 13.2. The Morgan fingerprint density at radius 2 is 0.863 bits per heavy atom. The van der Waals surface area contributed by atoms with Gasteiger partial charge in [0.15, 0.2) is 18.9 Å². The van der Waals surface area contributed by atoms with Crippen LogP contribution in [0.1, 0.15) is 174 Å². The van der Waals surface area contributed by atoms with Gasteiger partial charge in [0, 0.05) is 6.42 Å². The monoisotopic (exact) mass is 1140 g/mol. The Labute approximate surface area is 477 Å². The molecule has 3 aliphatic heterocycles. The Hall–Kier alpha value is -2.77. The van der Waals surface area contributed by atoms with Crippen molar-refractivity contribution >= 4 is 5.91 Å². The quantitative estimate of drug-likeness (QED) is 0.0268. The van der Waals surface area contributed by atoms with Crippen LogP contribution in [-0.4, -0.2) is 193 Å². The molecule has 0 aromatic heterocycles. The lowest BCUT2D eigenvalue weighted by atomic mass is 9.96. The number of nitrogens with one attached hydrogen (secondary N) is 1. The Morgan fingerprint density at radius 3 is 1.34 bits per heavy atom. The normalized spacial score (nSPS) is 30.5. The van der Waals surface area contributed by atoms with Gasteiger partial charge in [-0.25, -0.2) is 0 Å². The molecule has 462 valence electrons. The Morgan fingerprint density at radius 1 is 0.463 bits per heavy atom. The number of rotatable bonds is 43. The number of hydrogen-bond donors (Lipinski definition) is 12. The molecule has 0 aromatic carbocycles. The van der Waals surface area contributed by atoms with Crippen LogP contribution in [0, 0.1) is 0 Å². The third-order valence-electron chi connectivity index (χ3n) is 14.8. The van der Waals surface area contributed by atoms with Crippen LogP contribution in [0.25, 0.3) is 0 Å². The van der Waals surface area contributed by atoms with E-state index in [1.165, 1.54) is 77.0 Å². The zero-order chi connectivity index (χ0) is 58.3. The molecule has 19 heteroatoms. The summed E-state index contributed by atoms with van der Waals surface area (Å²) in [7, 11) is 0. The van der Waals surface area contributed by atoms with Crippen molar-refractivity contribution in [2.75, 3.05) is 26.4 Å². The number of carbonyl (C=O) groups is 1. The zero-order valence-electron chi connectivity index (χ0n) is 48.0. The second-order valence-corrected chi connectivity index (χ2v) is 21.4. The predicted molar refractivity (Wildman–Crippen MR) is 305 cm³/mol. The second kappa shape index (κ2) is 43.8. The highest BCUT2D eigenvalue weighted by Crippen LogP contribution is 2.33. The van der Waals surface area contributed by atoms with Crippen LogP contribution >= 0.6 is 0 Å². The molecule has 3 rings (SSSR count). The lowest BCUT2D eigenvalue weighted by molar-refractivity contribution is -0.379. The number of carbonyl (C=O) groups excluding carboxylic acids is 1. The summed E-state index contributed by atoms with van der Waals surface area (Å²) in [5, 5.41) is 119. The molecule has 0 aromatic rings. The summed E-state index contributed by atoms with van der Waals surface area (Å²) in [6.07, 6.45) is 25.8. The number of aliphatic hydroxyl groups excluding tert-OH is 11. The van der Waals surface area contributed by atoms with Crippen LogP contribution in [-0.2, 0) is 33.2 Å². The Kier molecular flexibility index (Phi) is 39.2. The van der Waals surface area contributed by atoms with E-state index in [-0.39, 0.29) is 18.9 Å². The first-order valence-corrected chi connectivity index (χ1v) is 30.2. The number of amides is 1. The minimum absolute atomic E-state index is 0.238. The van der Waals surface area contributed by atoms with Gasteiger partial charge in [0.25, 0.3) is 0 Å². The summed E-state index contributed by atoms with van der Waals surface area (Å²) in [6, 6.07) is -0.971. The standard InChI is InChI=1S/C61H105NO18/c1-3-5-7-9-10-11-12-13-14-15-16-17-18-19-20-21-22-23-24-25-26-27-28-29-30-31-32-33-34-35-37-39-49(67)62-44(45(66)38-36-8-6-4-2)43-75-59-55(73)52(70)57(47(41-64)77-59)80-61-56(74)53(71)58(48(42-65)78-61)79-60-54(72)51(69)50(68)46(40-63)76-60/h5,7,10-11,13-14,16-17,19-20,36,38,44-48,50-61,63-66,68-74H,3-4,6,8-9,12,15,18,21-35,37,39-43H2,1-2H3,(H,62,67)/b7-5-,11-10-,14-13-,17-16-,20-19-,38-36+. The van der Waals surface area contributed by atoms with Gasteiger partial charge in [0.1, 0.15) is 73.2 Å². The molecule has 17 unspecified atom stereocenters. The van der Waals surface area contributed by atoms with Crippen molar-refractivity contribution in [2.24, 2.45) is 0 Å². The smallest absolute Gasteiger partial charge is 0.220 e. The van der Waals surface area contributed by atoms with Crippen LogP contribution in [0.5, 0.6) is 0 Å². The summed E-state index contributed by atoms with van der Waals surface area (Å²) >= 11 is 0. The van der Waals surface area contributed by atoms with Crippen LogP contribution in [0.3, 0.4) is 0 Å². The minimum atomic E-state index is -1.98. The average Bonchev–Trinajstić information content (AvgIpc) is 3.58. The van der Waals surface area contributed by atoms with E-state index in [2.05, 4.69) is 73.0 Å². The predicted octanol–water partition coefficient (Wildman–Crippen LogP) is 5.43. The van der Waals surface area contributed by atoms with Crippen molar-refractivity contribution in [2.45, 2.75) is 279 Å². The van der Waals surface area contributed by atoms with Crippen molar-refractivity contribution in [3.63, 3.8) is 0 Å². The van der Waals surface area contributed by atoms with E-state index in [1.54, 1.807) is 6.08 Å². The molecule has 1 amide bonds. The van der Waals surface area contributed by atoms with Crippen molar-refractivity contribution in [3.05, 3.63) is 72.9 Å². The molecule has 0 bridgehead atoms. The third-order valence-corrected chi connectivity index (χ3v) is 14.8. The van der Waals surface area contributed by atoms with Gasteiger partial charge in [-0.3, -0.25) is 4.79 Å². The molecule has 80 heavy (non-hydrogen) atoms. The minimum Gasteiger partial charge on any atom is -0.394 e. The lowest BCUT2D eigenvalue weighted by Gasteiger charge is -2.48.